The molecule has 2 fully saturated rings. The number of esters is 1. The molecule has 2 aliphatic rings. The normalized spacial score (nSPS) is 37.6. The highest BCUT2D eigenvalue weighted by Gasteiger charge is 2.73. The maximum atomic E-state index is 11.3. The highest BCUT2D eigenvalue weighted by molar-refractivity contribution is 5.81. The van der Waals surface area contributed by atoms with Crippen molar-refractivity contribution in [2.24, 2.45) is 5.92 Å². The van der Waals surface area contributed by atoms with Gasteiger partial charge in [-0.1, -0.05) is 39.5 Å². The number of carbonyl (C=O) groups is 1. The molecule has 3 nitrogen and oxygen atoms in total. The Kier molecular flexibility index (Phi) is 3.01. The third-order valence-electron chi connectivity index (χ3n) is 3.41. The van der Waals surface area contributed by atoms with Gasteiger partial charge in [0.05, 0.1) is 0 Å². The van der Waals surface area contributed by atoms with Gasteiger partial charge in [-0.05, 0) is 12.8 Å². The van der Waals surface area contributed by atoms with Crippen LogP contribution in [-0.4, -0.2) is 17.9 Å². The third-order valence-corrected chi connectivity index (χ3v) is 3.41. The van der Waals surface area contributed by atoms with Gasteiger partial charge in [0.15, 0.2) is 0 Å². The number of hydrogen-bond donors (Lipinski definition) is 0. The Labute approximate surface area is 91.1 Å². The first-order valence-corrected chi connectivity index (χ1v) is 6.15. The summed E-state index contributed by atoms with van der Waals surface area (Å²) < 4.78 is 10.8. The summed E-state index contributed by atoms with van der Waals surface area (Å²) in [6, 6.07) is 0. The minimum absolute atomic E-state index is 0.0271. The summed E-state index contributed by atoms with van der Waals surface area (Å²) in [5.41, 5.74) is 0. The van der Waals surface area contributed by atoms with E-state index in [1.54, 1.807) is 0 Å². The topological polar surface area (TPSA) is 38.8 Å². The van der Waals surface area contributed by atoms with Crippen molar-refractivity contribution in [2.45, 2.75) is 64.3 Å². The first-order valence-electron chi connectivity index (χ1n) is 6.15. The lowest BCUT2D eigenvalue weighted by atomic mass is 9.87. The van der Waals surface area contributed by atoms with Crippen molar-refractivity contribution in [3.05, 3.63) is 0 Å². The average molecular weight is 212 g/mol. The zero-order valence-corrected chi connectivity index (χ0v) is 9.62. The lowest BCUT2D eigenvalue weighted by molar-refractivity contribution is -0.211. The van der Waals surface area contributed by atoms with Crippen LogP contribution in [0.1, 0.15) is 52.4 Å². The summed E-state index contributed by atoms with van der Waals surface area (Å²) >= 11 is 0. The van der Waals surface area contributed by atoms with Crippen molar-refractivity contribution in [2.75, 3.05) is 0 Å². The Balaban J connectivity index is 1.81. The van der Waals surface area contributed by atoms with Crippen LogP contribution in [0.3, 0.4) is 0 Å². The van der Waals surface area contributed by atoms with Gasteiger partial charge in [0.25, 0.3) is 5.79 Å². The van der Waals surface area contributed by atoms with E-state index >= 15 is 0 Å². The molecule has 2 rings (SSSR count). The Morgan fingerprint density at radius 3 is 2.47 bits per heavy atom. The van der Waals surface area contributed by atoms with Gasteiger partial charge in [-0.25, -0.2) is 0 Å². The summed E-state index contributed by atoms with van der Waals surface area (Å²) in [6.45, 7) is 4.30. The highest BCUT2D eigenvalue weighted by Crippen LogP contribution is 2.55. The van der Waals surface area contributed by atoms with Gasteiger partial charge in [0.1, 0.15) is 12.0 Å². The van der Waals surface area contributed by atoms with E-state index in [2.05, 4.69) is 13.8 Å². The molecule has 2 aliphatic heterocycles. The summed E-state index contributed by atoms with van der Waals surface area (Å²) in [5, 5.41) is 0. The summed E-state index contributed by atoms with van der Waals surface area (Å²) in [7, 11) is 0. The fraction of sp³-hybridized carbons (Fsp3) is 0.917. The predicted octanol–water partition coefficient (Wildman–Crippen LogP) is 2.63. The van der Waals surface area contributed by atoms with Crippen LogP contribution in [0.4, 0.5) is 0 Å². The minimum Gasteiger partial charge on any atom is -0.429 e. The number of unbranched alkanes of at least 4 members (excludes halogenated alkanes) is 2. The van der Waals surface area contributed by atoms with E-state index in [0.717, 1.165) is 32.1 Å². The molecular formula is C12H20O3. The molecule has 0 N–H and O–H groups in total. The minimum atomic E-state index is -0.471. The number of epoxide rings is 1. The summed E-state index contributed by atoms with van der Waals surface area (Å²) in [4.78, 5) is 11.3. The van der Waals surface area contributed by atoms with E-state index in [-0.39, 0.29) is 18.0 Å². The Morgan fingerprint density at radius 1 is 1.20 bits per heavy atom. The number of hydrogen-bond acceptors (Lipinski definition) is 3. The lowest BCUT2D eigenvalue weighted by Gasteiger charge is -2.33. The summed E-state index contributed by atoms with van der Waals surface area (Å²) in [5.74, 6) is -0.497. The Hall–Kier alpha value is -0.570. The molecule has 0 aromatic heterocycles. The van der Waals surface area contributed by atoms with Crippen molar-refractivity contribution in [3.8, 4) is 0 Å². The molecule has 1 spiro atoms. The molecule has 86 valence electrons. The fourth-order valence-electron chi connectivity index (χ4n) is 2.37. The highest BCUT2D eigenvalue weighted by atomic mass is 16.8. The lowest BCUT2D eigenvalue weighted by Crippen LogP contribution is -2.50. The van der Waals surface area contributed by atoms with Crippen LogP contribution in [0.2, 0.25) is 0 Å². The van der Waals surface area contributed by atoms with E-state index in [4.69, 9.17) is 9.47 Å². The second-order valence-electron chi connectivity index (χ2n) is 4.59. The largest absolute Gasteiger partial charge is 0.429 e. The van der Waals surface area contributed by atoms with E-state index < -0.39 is 5.79 Å². The maximum Gasteiger partial charge on any atom is 0.318 e. The Bertz CT molecular complexity index is 251. The first kappa shape index (κ1) is 10.9. The van der Waals surface area contributed by atoms with Gasteiger partial charge in [-0.15, -0.1) is 0 Å². The SMILES string of the molecule is CCCC[C@H]1O[C@@]12OC(=O)[C@@H]2CCCC. The molecule has 2 heterocycles. The molecule has 0 unspecified atom stereocenters. The maximum absolute atomic E-state index is 11.3. The van der Waals surface area contributed by atoms with Crippen molar-refractivity contribution in [3.63, 3.8) is 0 Å². The molecule has 0 aromatic carbocycles. The molecule has 0 radical (unpaired) electrons. The van der Waals surface area contributed by atoms with Gasteiger partial charge < -0.3 is 9.47 Å². The molecule has 0 aromatic rings. The molecule has 0 saturated carbocycles. The van der Waals surface area contributed by atoms with Gasteiger partial charge in [-0.3, -0.25) is 4.79 Å². The number of carbonyl (C=O) groups excluding carboxylic acids is 1. The van der Waals surface area contributed by atoms with E-state index in [9.17, 15) is 4.79 Å². The summed E-state index contributed by atoms with van der Waals surface area (Å²) in [6.07, 6.45) is 6.69. The van der Waals surface area contributed by atoms with Crippen LogP contribution in [-0.2, 0) is 14.3 Å². The molecule has 0 bridgehead atoms. The van der Waals surface area contributed by atoms with Crippen molar-refractivity contribution in [1.82, 2.24) is 0 Å². The van der Waals surface area contributed by atoms with Crippen LogP contribution >= 0.6 is 0 Å². The zero-order chi connectivity index (χ0) is 10.9. The third kappa shape index (κ3) is 1.78. The molecule has 3 atom stereocenters. The van der Waals surface area contributed by atoms with Gasteiger partial charge >= 0.3 is 5.97 Å². The first-order chi connectivity index (χ1) is 7.24. The average Bonchev–Trinajstić information content (AvgIpc) is 2.92. The van der Waals surface area contributed by atoms with Gasteiger partial charge in [-0.2, -0.15) is 0 Å². The van der Waals surface area contributed by atoms with E-state index in [1.807, 2.05) is 0 Å². The van der Waals surface area contributed by atoms with Crippen LogP contribution in [0, 0.1) is 5.92 Å². The molecule has 0 amide bonds. The van der Waals surface area contributed by atoms with Gasteiger partial charge in [0.2, 0.25) is 0 Å². The smallest absolute Gasteiger partial charge is 0.318 e. The van der Waals surface area contributed by atoms with Crippen molar-refractivity contribution in [1.29, 1.82) is 0 Å². The van der Waals surface area contributed by atoms with Crippen LogP contribution in [0.15, 0.2) is 0 Å². The second-order valence-corrected chi connectivity index (χ2v) is 4.59. The molecule has 15 heavy (non-hydrogen) atoms. The quantitative estimate of drug-likeness (QED) is 0.502. The molecule has 3 heteroatoms. The van der Waals surface area contributed by atoms with Crippen molar-refractivity contribution < 1.29 is 14.3 Å². The van der Waals surface area contributed by atoms with E-state index in [0.29, 0.717) is 0 Å². The monoisotopic (exact) mass is 212 g/mol. The van der Waals surface area contributed by atoms with E-state index in [1.165, 1.54) is 6.42 Å². The Morgan fingerprint density at radius 2 is 1.87 bits per heavy atom. The zero-order valence-electron chi connectivity index (χ0n) is 9.62. The standard InChI is InChI=1S/C12H20O3/c1-3-5-7-9-11(13)15-12(9)10(14-12)8-6-4-2/h9-10H,3-8H2,1-2H3/t9-,10+,12-/m0/s1. The fourth-order valence-corrected chi connectivity index (χ4v) is 2.37. The number of ether oxygens (including phenoxy) is 2. The molecular weight excluding hydrogens is 192 g/mol. The van der Waals surface area contributed by atoms with Crippen molar-refractivity contribution >= 4 is 5.97 Å². The molecule has 0 aliphatic carbocycles. The van der Waals surface area contributed by atoms with Gasteiger partial charge in [0, 0.05) is 0 Å². The van der Waals surface area contributed by atoms with Crippen LogP contribution < -0.4 is 0 Å². The van der Waals surface area contributed by atoms with Crippen LogP contribution in [0.5, 0.6) is 0 Å². The second kappa shape index (κ2) is 4.12. The number of rotatable bonds is 6. The predicted molar refractivity (Wildman–Crippen MR) is 56.2 cm³/mol. The molecule has 2 saturated heterocycles. The van der Waals surface area contributed by atoms with Crippen LogP contribution in [0.25, 0.3) is 0 Å².